The molecule has 3 rings (SSSR count). The SMILES string of the molecule is CCOC(=O)c1ccc(NC(=O)c2cccc(OCc3ccccc3)c2)cc1Cl. The Balaban J connectivity index is 1.66. The second-order valence-corrected chi connectivity index (χ2v) is 6.58. The van der Waals surface area contributed by atoms with Crippen LogP contribution in [-0.4, -0.2) is 18.5 Å². The maximum Gasteiger partial charge on any atom is 0.339 e. The number of hydrogen-bond acceptors (Lipinski definition) is 4. The van der Waals surface area contributed by atoms with Crippen LogP contribution < -0.4 is 10.1 Å². The van der Waals surface area contributed by atoms with E-state index in [1.165, 1.54) is 12.1 Å². The van der Waals surface area contributed by atoms with Gasteiger partial charge >= 0.3 is 5.97 Å². The van der Waals surface area contributed by atoms with Crippen LogP contribution in [-0.2, 0) is 11.3 Å². The molecule has 0 aliphatic carbocycles. The molecule has 0 bridgehead atoms. The summed E-state index contributed by atoms with van der Waals surface area (Å²) in [6.07, 6.45) is 0. The van der Waals surface area contributed by atoms with E-state index in [2.05, 4.69) is 5.32 Å². The fraction of sp³-hybridized carbons (Fsp3) is 0.130. The van der Waals surface area contributed by atoms with E-state index in [0.29, 0.717) is 23.6 Å². The number of rotatable bonds is 7. The number of esters is 1. The predicted molar refractivity (Wildman–Crippen MR) is 113 cm³/mol. The molecule has 6 heteroatoms. The van der Waals surface area contributed by atoms with Crippen LogP contribution in [0.25, 0.3) is 0 Å². The Morgan fingerprint density at radius 2 is 1.76 bits per heavy atom. The van der Waals surface area contributed by atoms with Gasteiger partial charge < -0.3 is 14.8 Å². The maximum atomic E-state index is 12.6. The molecular weight excluding hydrogens is 390 g/mol. The first-order valence-electron chi connectivity index (χ1n) is 9.11. The zero-order chi connectivity index (χ0) is 20.6. The van der Waals surface area contributed by atoms with Crippen molar-refractivity contribution in [1.29, 1.82) is 0 Å². The van der Waals surface area contributed by atoms with Gasteiger partial charge in [-0.1, -0.05) is 48.0 Å². The van der Waals surface area contributed by atoms with Gasteiger partial charge in [0.2, 0.25) is 0 Å². The number of carbonyl (C=O) groups is 2. The minimum atomic E-state index is -0.501. The van der Waals surface area contributed by atoms with Crippen LogP contribution >= 0.6 is 11.6 Å². The largest absolute Gasteiger partial charge is 0.489 e. The van der Waals surface area contributed by atoms with E-state index in [4.69, 9.17) is 21.1 Å². The summed E-state index contributed by atoms with van der Waals surface area (Å²) in [7, 11) is 0. The number of nitrogens with one attached hydrogen (secondary N) is 1. The van der Waals surface area contributed by atoms with Crippen molar-refractivity contribution in [3.63, 3.8) is 0 Å². The zero-order valence-electron chi connectivity index (χ0n) is 15.9. The molecular formula is C23H20ClNO4. The molecule has 0 aliphatic heterocycles. The van der Waals surface area contributed by atoms with Crippen molar-refractivity contribution in [2.45, 2.75) is 13.5 Å². The maximum absolute atomic E-state index is 12.6. The molecule has 3 aromatic rings. The summed E-state index contributed by atoms with van der Waals surface area (Å²) in [5.41, 5.74) is 2.21. The first-order chi connectivity index (χ1) is 14.1. The van der Waals surface area contributed by atoms with E-state index in [9.17, 15) is 9.59 Å². The van der Waals surface area contributed by atoms with Crippen molar-refractivity contribution in [2.75, 3.05) is 11.9 Å². The minimum absolute atomic E-state index is 0.209. The predicted octanol–water partition coefficient (Wildman–Crippen LogP) is 5.35. The van der Waals surface area contributed by atoms with Crippen LogP contribution in [0.3, 0.4) is 0 Å². The Labute approximate surface area is 174 Å². The summed E-state index contributed by atoms with van der Waals surface area (Å²) in [4.78, 5) is 24.4. The summed E-state index contributed by atoms with van der Waals surface area (Å²) < 4.78 is 10.7. The van der Waals surface area contributed by atoms with Gasteiger partial charge in [0.15, 0.2) is 0 Å². The number of benzene rings is 3. The van der Waals surface area contributed by atoms with E-state index in [1.807, 2.05) is 30.3 Å². The standard InChI is InChI=1S/C23H20ClNO4/c1-2-28-23(27)20-12-11-18(14-21(20)24)25-22(26)17-9-6-10-19(13-17)29-15-16-7-4-3-5-8-16/h3-14H,2,15H2,1H3,(H,25,26). The fourth-order valence-corrected chi connectivity index (χ4v) is 2.90. The smallest absolute Gasteiger partial charge is 0.339 e. The Kier molecular flexibility index (Phi) is 6.87. The number of anilines is 1. The number of hydrogen-bond donors (Lipinski definition) is 1. The second kappa shape index (κ2) is 9.75. The van der Waals surface area contributed by atoms with Crippen LogP contribution in [0.15, 0.2) is 72.8 Å². The lowest BCUT2D eigenvalue weighted by molar-refractivity contribution is 0.0526. The zero-order valence-corrected chi connectivity index (χ0v) is 16.6. The molecule has 0 unspecified atom stereocenters. The Bertz CT molecular complexity index is 1000. The monoisotopic (exact) mass is 409 g/mol. The van der Waals surface area contributed by atoms with Gasteiger partial charge in [0.25, 0.3) is 5.91 Å². The fourth-order valence-electron chi connectivity index (χ4n) is 2.64. The van der Waals surface area contributed by atoms with Crippen molar-refractivity contribution < 1.29 is 19.1 Å². The molecule has 0 aliphatic rings. The number of halogens is 1. The van der Waals surface area contributed by atoms with E-state index >= 15 is 0 Å². The highest BCUT2D eigenvalue weighted by Crippen LogP contribution is 2.23. The average Bonchev–Trinajstić information content (AvgIpc) is 2.73. The topological polar surface area (TPSA) is 64.6 Å². The molecule has 5 nitrogen and oxygen atoms in total. The van der Waals surface area contributed by atoms with Gasteiger partial charge in [-0.25, -0.2) is 4.79 Å². The Hall–Kier alpha value is -3.31. The molecule has 0 fully saturated rings. The van der Waals surface area contributed by atoms with Gasteiger partial charge in [-0.05, 0) is 48.9 Å². The summed E-state index contributed by atoms with van der Waals surface area (Å²) in [6.45, 7) is 2.39. The number of ether oxygens (including phenoxy) is 2. The molecule has 1 amide bonds. The molecule has 0 saturated heterocycles. The minimum Gasteiger partial charge on any atom is -0.489 e. The number of carbonyl (C=O) groups excluding carboxylic acids is 2. The lowest BCUT2D eigenvalue weighted by Gasteiger charge is -2.10. The van der Waals surface area contributed by atoms with Gasteiger partial charge in [0.05, 0.1) is 17.2 Å². The first kappa shape index (κ1) is 20.4. The van der Waals surface area contributed by atoms with E-state index < -0.39 is 5.97 Å². The van der Waals surface area contributed by atoms with Crippen LogP contribution in [0.2, 0.25) is 5.02 Å². The van der Waals surface area contributed by atoms with Crippen molar-refractivity contribution in [2.24, 2.45) is 0 Å². The molecule has 0 heterocycles. The summed E-state index contributed by atoms with van der Waals surface area (Å²) in [5, 5.41) is 2.98. The second-order valence-electron chi connectivity index (χ2n) is 6.17. The van der Waals surface area contributed by atoms with Crippen LogP contribution in [0.1, 0.15) is 33.2 Å². The number of amides is 1. The molecule has 0 aromatic heterocycles. The van der Waals surface area contributed by atoms with E-state index in [-0.39, 0.29) is 23.1 Å². The molecule has 1 N–H and O–H groups in total. The lowest BCUT2D eigenvalue weighted by atomic mass is 10.1. The highest BCUT2D eigenvalue weighted by Gasteiger charge is 2.13. The third-order valence-electron chi connectivity index (χ3n) is 4.07. The first-order valence-corrected chi connectivity index (χ1v) is 9.49. The quantitative estimate of drug-likeness (QED) is 0.534. The van der Waals surface area contributed by atoms with Gasteiger partial charge in [0.1, 0.15) is 12.4 Å². The molecule has 0 atom stereocenters. The highest BCUT2D eigenvalue weighted by atomic mass is 35.5. The highest BCUT2D eigenvalue weighted by molar-refractivity contribution is 6.34. The Morgan fingerprint density at radius 3 is 2.48 bits per heavy atom. The van der Waals surface area contributed by atoms with E-state index in [0.717, 1.165) is 5.56 Å². The van der Waals surface area contributed by atoms with Crippen molar-refractivity contribution in [3.8, 4) is 5.75 Å². The average molecular weight is 410 g/mol. The van der Waals surface area contributed by atoms with Gasteiger partial charge in [-0.2, -0.15) is 0 Å². The Morgan fingerprint density at radius 1 is 0.966 bits per heavy atom. The van der Waals surface area contributed by atoms with Crippen molar-refractivity contribution in [1.82, 2.24) is 0 Å². The van der Waals surface area contributed by atoms with Crippen molar-refractivity contribution >= 4 is 29.2 Å². The van der Waals surface area contributed by atoms with Crippen LogP contribution in [0.4, 0.5) is 5.69 Å². The van der Waals surface area contributed by atoms with Crippen molar-refractivity contribution in [3.05, 3.63) is 94.5 Å². The van der Waals surface area contributed by atoms with Gasteiger partial charge in [-0.3, -0.25) is 4.79 Å². The molecule has 148 valence electrons. The van der Waals surface area contributed by atoms with Gasteiger partial charge in [-0.15, -0.1) is 0 Å². The summed E-state index contributed by atoms with van der Waals surface area (Å²) >= 11 is 6.14. The third-order valence-corrected chi connectivity index (χ3v) is 4.38. The van der Waals surface area contributed by atoms with Crippen LogP contribution in [0.5, 0.6) is 5.75 Å². The lowest BCUT2D eigenvalue weighted by Crippen LogP contribution is -2.12. The van der Waals surface area contributed by atoms with Gasteiger partial charge in [0, 0.05) is 11.3 Å². The summed E-state index contributed by atoms with van der Waals surface area (Å²) in [6, 6.07) is 21.3. The molecule has 0 saturated carbocycles. The van der Waals surface area contributed by atoms with Crippen LogP contribution in [0, 0.1) is 0 Å². The molecule has 3 aromatic carbocycles. The molecule has 29 heavy (non-hydrogen) atoms. The summed E-state index contributed by atoms with van der Waals surface area (Å²) in [5.74, 6) is -0.217. The third kappa shape index (κ3) is 5.59. The molecule has 0 radical (unpaired) electrons. The normalized spacial score (nSPS) is 10.3. The van der Waals surface area contributed by atoms with E-state index in [1.54, 1.807) is 37.3 Å². The molecule has 0 spiro atoms.